The Morgan fingerprint density at radius 3 is 2.78 bits per heavy atom. The maximum absolute atomic E-state index is 13.0. The minimum absolute atomic E-state index is 0. The number of hydrogen-bond acceptors (Lipinski definition) is 4. The molecule has 2 N–H and O–H groups in total. The Labute approximate surface area is 167 Å². The van der Waals surface area contributed by atoms with E-state index in [1.807, 2.05) is 43.7 Å². The first kappa shape index (κ1) is 21.3. The summed E-state index contributed by atoms with van der Waals surface area (Å²) >= 11 is 0. The molecule has 1 fully saturated rings. The number of carbonyl (C=O) groups excluding carboxylic acids is 1. The van der Waals surface area contributed by atoms with E-state index in [0.717, 1.165) is 23.4 Å². The number of rotatable bonds is 6. The molecule has 7 heteroatoms. The van der Waals surface area contributed by atoms with Crippen LogP contribution < -0.4 is 15.4 Å². The fraction of sp³-hybridized carbons (Fsp3) is 0.500. The minimum Gasteiger partial charge on any atom is -0.496 e. The number of aromatic nitrogens is 2. The maximum Gasteiger partial charge on any atom is 0.225 e. The summed E-state index contributed by atoms with van der Waals surface area (Å²) < 4.78 is 7.23. The van der Waals surface area contributed by atoms with Crippen molar-refractivity contribution in [3.63, 3.8) is 0 Å². The van der Waals surface area contributed by atoms with Crippen molar-refractivity contribution in [2.24, 2.45) is 13.0 Å². The second-order valence-corrected chi connectivity index (χ2v) is 7.68. The number of nitrogens with one attached hydrogen (secondary N) is 2. The number of nitrogens with zero attached hydrogens (tertiary/aromatic N) is 2. The van der Waals surface area contributed by atoms with Gasteiger partial charge in [0.15, 0.2) is 0 Å². The Balaban J connectivity index is 0.00000261. The number of halogens is 1. The highest BCUT2D eigenvalue weighted by Crippen LogP contribution is 2.29. The van der Waals surface area contributed by atoms with Gasteiger partial charge in [0.05, 0.1) is 19.2 Å². The number of benzene rings is 1. The number of para-hydroxylation sites is 1. The van der Waals surface area contributed by atoms with Gasteiger partial charge in [-0.05, 0) is 37.5 Å². The first-order valence-electron chi connectivity index (χ1n) is 9.03. The van der Waals surface area contributed by atoms with Gasteiger partial charge in [-0.2, -0.15) is 5.10 Å². The van der Waals surface area contributed by atoms with Crippen LogP contribution in [-0.2, 0) is 18.3 Å². The minimum atomic E-state index is -0.367. The third-order valence-electron chi connectivity index (χ3n) is 4.99. The van der Waals surface area contributed by atoms with E-state index in [1.165, 1.54) is 0 Å². The smallest absolute Gasteiger partial charge is 0.225 e. The Morgan fingerprint density at radius 2 is 2.11 bits per heavy atom. The lowest BCUT2D eigenvalue weighted by Gasteiger charge is -2.29. The van der Waals surface area contributed by atoms with Gasteiger partial charge in [-0.15, -0.1) is 12.4 Å². The lowest BCUT2D eigenvalue weighted by atomic mass is 9.88. The van der Waals surface area contributed by atoms with Crippen molar-refractivity contribution >= 4 is 18.3 Å². The average molecular weight is 393 g/mol. The molecule has 0 radical (unpaired) electrons. The zero-order valence-electron chi connectivity index (χ0n) is 16.4. The molecule has 1 aliphatic rings. The van der Waals surface area contributed by atoms with Crippen LogP contribution in [-0.4, -0.2) is 41.4 Å². The molecule has 3 rings (SSSR count). The van der Waals surface area contributed by atoms with Crippen LogP contribution in [0.5, 0.6) is 5.75 Å². The Hall–Kier alpha value is -2.05. The molecule has 1 saturated heterocycles. The summed E-state index contributed by atoms with van der Waals surface area (Å²) in [6.45, 7) is 5.60. The molecular formula is C20H29ClN4O2. The van der Waals surface area contributed by atoms with Crippen LogP contribution in [0.15, 0.2) is 36.7 Å². The summed E-state index contributed by atoms with van der Waals surface area (Å²) in [5, 5.41) is 10.8. The van der Waals surface area contributed by atoms with E-state index in [2.05, 4.69) is 29.6 Å². The van der Waals surface area contributed by atoms with E-state index >= 15 is 0 Å². The number of aryl methyl sites for hydroxylation is 1. The number of amides is 1. The van der Waals surface area contributed by atoms with E-state index in [-0.39, 0.29) is 35.7 Å². The number of methoxy groups -OCH3 is 1. The van der Waals surface area contributed by atoms with Gasteiger partial charge in [-0.3, -0.25) is 9.48 Å². The number of hydrogen-bond donors (Lipinski definition) is 2. The number of carbonyl (C=O) groups is 1. The van der Waals surface area contributed by atoms with Crippen molar-refractivity contribution in [2.45, 2.75) is 31.7 Å². The largest absolute Gasteiger partial charge is 0.496 e. The molecule has 2 aromatic rings. The summed E-state index contributed by atoms with van der Waals surface area (Å²) in [7, 11) is 3.57. The predicted molar refractivity (Wildman–Crippen MR) is 108 cm³/mol. The highest BCUT2D eigenvalue weighted by Gasteiger charge is 2.36. The van der Waals surface area contributed by atoms with Crippen molar-refractivity contribution in [3.8, 4) is 5.75 Å². The molecule has 0 saturated carbocycles. The SMILES string of the molecule is COc1ccccc1CC(C)(C)NC(=O)[C@H]1CNC[C@@H]1c1cnn(C)c1.Cl. The Morgan fingerprint density at radius 1 is 1.37 bits per heavy atom. The van der Waals surface area contributed by atoms with Crippen LogP contribution in [0.2, 0.25) is 0 Å². The molecule has 148 valence electrons. The molecule has 2 atom stereocenters. The standard InChI is InChI=1S/C20H28N4O2.ClH/c1-20(2,9-14-7-5-6-8-18(14)26-4)23-19(25)17-12-21-11-16(17)15-10-22-24(3)13-15;/h5-8,10,13,16-17,21H,9,11-12H2,1-4H3,(H,23,25);1H/t16-,17+;/m1./s1. The average Bonchev–Trinajstić information content (AvgIpc) is 3.23. The van der Waals surface area contributed by atoms with Crippen molar-refractivity contribution in [1.82, 2.24) is 20.4 Å². The Bertz CT molecular complexity index is 775. The van der Waals surface area contributed by atoms with Gasteiger partial charge in [-0.1, -0.05) is 18.2 Å². The Kier molecular flexibility index (Phi) is 6.89. The first-order valence-corrected chi connectivity index (χ1v) is 9.03. The van der Waals surface area contributed by atoms with Crippen LogP contribution in [0.25, 0.3) is 0 Å². The molecule has 0 bridgehead atoms. The van der Waals surface area contributed by atoms with E-state index < -0.39 is 0 Å². The second kappa shape index (κ2) is 8.76. The quantitative estimate of drug-likeness (QED) is 0.791. The van der Waals surface area contributed by atoms with Crippen LogP contribution >= 0.6 is 12.4 Å². The van der Waals surface area contributed by atoms with E-state index in [4.69, 9.17) is 4.74 Å². The zero-order chi connectivity index (χ0) is 18.7. The number of ether oxygens (including phenoxy) is 1. The summed E-state index contributed by atoms with van der Waals surface area (Å²) in [6.07, 6.45) is 4.57. The molecule has 1 aromatic heterocycles. The highest BCUT2D eigenvalue weighted by molar-refractivity contribution is 5.85. The lowest BCUT2D eigenvalue weighted by Crippen LogP contribution is -2.48. The van der Waals surface area contributed by atoms with Crippen molar-refractivity contribution < 1.29 is 9.53 Å². The topological polar surface area (TPSA) is 68.2 Å². The molecule has 1 aliphatic heterocycles. The lowest BCUT2D eigenvalue weighted by molar-refractivity contribution is -0.126. The monoisotopic (exact) mass is 392 g/mol. The molecular weight excluding hydrogens is 364 g/mol. The van der Waals surface area contributed by atoms with Crippen LogP contribution in [0.3, 0.4) is 0 Å². The second-order valence-electron chi connectivity index (χ2n) is 7.68. The molecule has 1 amide bonds. The summed E-state index contributed by atoms with van der Waals surface area (Å²) in [6, 6.07) is 7.94. The van der Waals surface area contributed by atoms with Gasteiger partial charge < -0.3 is 15.4 Å². The third-order valence-corrected chi connectivity index (χ3v) is 4.99. The van der Waals surface area contributed by atoms with E-state index in [0.29, 0.717) is 13.0 Å². The van der Waals surface area contributed by atoms with Crippen molar-refractivity contribution in [3.05, 3.63) is 47.8 Å². The highest BCUT2D eigenvalue weighted by atomic mass is 35.5. The normalized spacial score (nSPS) is 19.4. The molecule has 0 spiro atoms. The summed E-state index contributed by atoms with van der Waals surface area (Å²) in [5.41, 5.74) is 1.84. The van der Waals surface area contributed by atoms with Crippen LogP contribution in [0.4, 0.5) is 0 Å². The van der Waals surface area contributed by atoms with Gasteiger partial charge in [-0.25, -0.2) is 0 Å². The van der Waals surface area contributed by atoms with Crippen LogP contribution in [0, 0.1) is 5.92 Å². The first-order chi connectivity index (χ1) is 12.4. The van der Waals surface area contributed by atoms with Gasteiger partial charge in [0.1, 0.15) is 5.75 Å². The van der Waals surface area contributed by atoms with Crippen LogP contribution in [0.1, 0.15) is 30.9 Å². The summed E-state index contributed by atoms with van der Waals surface area (Å²) in [4.78, 5) is 13.0. The third kappa shape index (κ3) is 5.02. The van der Waals surface area contributed by atoms with Gasteiger partial charge in [0.2, 0.25) is 5.91 Å². The molecule has 0 unspecified atom stereocenters. The van der Waals surface area contributed by atoms with Crippen molar-refractivity contribution in [1.29, 1.82) is 0 Å². The zero-order valence-corrected chi connectivity index (χ0v) is 17.2. The van der Waals surface area contributed by atoms with Gasteiger partial charge in [0, 0.05) is 37.8 Å². The van der Waals surface area contributed by atoms with Gasteiger partial charge >= 0.3 is 0 Å². The molecule has 2 heterocycles. The van der Waals surface area contributed by atoms with E-state index in [9.17, 15) is 4.79 Å². The van der Waals surface area contributed by atoms with E-state index in [1.54, 1.807) is 11.8 Å². The fourth-order valence-corrected chi connectivity index (χ4v) is 3.73. The predicted octanol–water partition coefficient (Wildman–Crippen LogP) is 2.29. The van der Waals surface area contributed by atoms with Crippen molar-refractivity contribution in [2.75, 3.05) is 20.2 Å². The summed E-state index contributed by atoms with van der Waals surface area (Å²) in [5.74, 6) is 1.01. The molecule has 6 nitrogen and oxygen atoms in total. The molecule has 0 aliphatic carbocycles. The molecule has 27 heavy (non-hydrogen) atoms. The maximum atomic E-state index is 13.0. The molecule has 1 aromatic carbocycles. The fourth-order valence-electron chi connectivity index (χ4n) is 3.73. The van der Waals surface area contributed by atoms with Gasteiger partial charge in [0.25, 0.3) is 0 Å².